The van der Waals surface area contributed by atoms with Gasteiger partial charge in [-0.05, 0) is 55.8 Å². The molecular weight excluding hydrogens is 328 g/mol. The summed E-state index contributed by atoms with van der Waals surface area (Å²) in [7, 11) is 0. The summed E-state index contributed by atoms with van der Waals surface area (Å²) in [5, 5.41) is 10.3. The fourth-order valence-electron chi connectivity index (χ4n) is 3.78. The van der Waals surface area contributed by atoms with Gasteiger partial charge in [-0.3, -0.25) is 9.69 Å². The minimum atomic E-state index is -0.681. The Morgan fingerprint density at radius 3 is 2.81 bits per heavy atom. The Kier molecular flexibility index (Phi) is 4.34. The first kappa shape index (κ1) is 16.6. The molecule has 1 saturated heterocycles. The second-order valence-corrected chi connectivity index (χ2v) is 6.89. The Morgan fingerprint density at radius 1 is 1.27 bits per heavy atom. The number of carbonyl (C=O) groups is 1. The van der Waals surface area contributed by atoms with E-state index in [2.05, 4.69) is 27.0 Å². The molecule has 6 heteroatoms. The molecule has 1 aliphatic rings. The van der Waals surface area contributed by atoms with Gasteiger partial charge in [-0.2, -0.15) is 0 Å². The van der Waals surface area contributed by atoms with Crippen LogP contribution in [0.4, 0.5) is 5.69 Å². The molecule has 0 atom stereocenters. The van der Waals surface area contributed by atoms with Crippen LogP contribution >= 0.6 is 0 Å². The largest absolute Gasteiger partial charge is 0.481 e. The number of piperidine rings is 1. The number of likely N-dealkylation sites (tertiary alicyclic amines) is 1. The SMILES string of the molecule is Nc1cccc(-c2c(CN3CCC(C(=O)O)CC3)[nH]c3ncccc23)c1. The quantitative estimate of drug-likeness (QED) is 0.629. The number of aromatic amines is 1. The summed E-state index contributed by atoms with van der Waals surface area (Å²) in [6.45, 7) is 2.32. The molecule has 2 aromatic heterocycles. The van der Waals surface area contributed by atoms with Crippen LogP contribution < -0.4 is 5.73 Å². The van der Waals surface area contributed by atoms with Crippen LogP contribution in [-0.4, -0.2) is 39.0 Å². The smallest absolute Gasteiger partial charge is 0.306 e. The number of aromatic nitrogens is 2. The second kappa shape index (κ2) is 6.80. The highest BCUT2D eigenvalue weighted by Crippen LogP contribution is 2.33. The molecule has 4 rings (SSSR count). The van der Waals surface area contributed by atoms with E-state index in [1.807, 2.05) is 24.3 Å². The van der Waals surface area contributed by atoms with E-state index >= 15 is 0 Å². The zero-order chi connectivity index (χ0) is 18.1. The first-order valence-corrected chi connectivity index (χ1v) is 8.88. The van der Waals surface area contributed by atoms with E-state index in [4.69, 9.17) is 5.73 Å². The predicted molar refractivity (Wildman–Crippen MR) is 102 cm³/mol. The Balaban J connectivity index is 1.67. The van der Waals surface area contributed by atoms with Gasteiger partial charge < -0.3 is 15.8 Å². The third-order valence-electron chi connectivity index (χ3n) is 5.14. The first-order chi connectivity index (χ1) is 12.6. The number of nitrogens with two attached hydrogens (primary N) is 1. The molecule has 3 heterocycles. The normalized spacial score (nSPS) is 16.2. The number of nitrogen functional groups attached to an aromatic ring is 1. The molecule has 0 unspecified atom stereocenters. The molecule has 26 heavy (non-hydrogen) atoms. The topological polar surface area (TPSA) is 95.2 Å². The van der Waals surface area contributed by atoms with Gasteiger partial charge in [0.15, 0.2) is 0 Å². The highest BCUT2D eigenvalue weighted by atomic mass is 16.4. The maximum absolute atomic E-state index is 11.2. The summed E-state index contributed by atoms with van der Waals surface area (Å²) in [6.07, 6.45) is 3.17. The van der Waals surface area contributed by atoms with Crippen molar-refractivity contribution in [3.8, 4) is 11.1 Å². The number of benzene rings is 1. The molecule has 0 spiro atoms. The van der Waals surface area contributed by atoms with Crippen molar-refractivity contribution in [2.24, 2.45) is 5.92 Å². The molecular formula is C20H22N4O2. The average molecular weight is 350 g/mol. The van der Waals surface area contributed by atoms with E-state index in [0.717, 1.165) is 53.2 Å². The molecule has 1 aliphatic heterocycles. The van der Waals surface area contributed by atoms with Gasteiger partial charge in [0.2, 0.25) is 0 Å². The van der Waals surface area contributed by atoms with E-state index in [-0.39, 0.29) is 5.92 Å². The van der Waals surface area contributed by atoms with Gasteiger partial charge in [0.05, 0.1) is 5.92 Å². The fraction of sp³-hybridized carbons (Fsp3) is 0.300. The van der Waals surface area contributed by atoms with Crippen molar-refractivity contribution < 1.29 is 9.90 Å². The number of H-pyrrole nitrogens is 1. The number of carboxylic acids is 1. The van der Waals surface area contributed by atoms with Gasteiger partial charge in [0.1, 0.15) is 5.65 Å². The van der Waals surface area contributed by atoms with Crippen LogP contribution in [0, 0.1) is 5.92 Å². The minimum absolute atomic E-state index is 0.218. The number of nitrogens with zero attached hydrogens (tertiary/aromatic N) is 2. The highest BCUT2D eigenvalue weighted by molar-refractivity contribution is 5.96. The van der Waals surface area contributed by atoms with E-state index in [1.54, 1.807) is 6.20 Å². The molecule has 0 aliphatic carbocycles. The molecule has 0 saturated carbocycles. The van der Waals surface area contributed by atoms with Crippen molar-refractivity contribution in [3.63, 3.8) is 0 Å². The first-order valence-electron chi connectivity index (χ1n) is 8.88. The highest BCUT2D eigenvalue weighted by Gasteiger charge is 2.25. The number of nitrogens with one attached hydrogen (secondary N) is 1. The van der Waals surface area contributed by atoms with Crippen molar-refractivity contribution >= 4 is 22.7 Å². The van der Waals surface area contributed by atoms with Crippen molar-refractivity contribution in [1.82, 2.24) is 14.9 Å². The van der Waals surface area contributed by atoms with Gasteiger partial charge in [-0.1, -0.05) is 12.1 Å². The molecule has 6 nitrogen and oxygen atoms in total. The minimum Gasteiger partial charge on any atom is -0.481 e. The number of hydrogen-bond acceptors (Lipinski definition) is 4. The number of rotatable bonds is 4. The zero-order valence-electron chi connectivity index (χ0n) is 14.5. The lowest BCUT2D eigenvalue weighted by Crippen LogP contribution is -2.36. The van der Waals surface area contributed by atoms with Crippen molar-refractivity contribution in [1.29, 1.82) is 0 Å². The van der Waals surface area contributed by atoms with Crippen molar-refractivity contribution in [2.45, 2.75) is 19.4 Å². The lowest BCUT2D eigenvalue weighted by molar-refractivity contribution is -0.143. The number of aliphatic carboxylic acids is 1. The third kappa shape index (κ3) is 3.15. The van der Waals surface area contributed by atoms with Crippen LogP contribution in [0.25, 0.3) is 22.2 Å². The maximum atomic E-state index is 11.2. The Hall–Kier alpha value is -2.86. The average Bonchev–Trinajstić information content (AvgIpc) is 3.00. The van der Waals surface area contributed by atoms with Gasteiger partial charge in [0.25, 0.3) is 0 Å². The van der Waals surface area contributed by atoms with Crippen LogP contribution in [0.3, 0.4) is 0 Å². The zero-order valence-corrected chi connectivity index (χ0v) is 14.5. The summed E-state index contributed by atoms with van der Waals surface area (Å²) in [4.78, 5) is 21.4. The summed E-state index contributed by atoms with van der Waals surface area (Å²) in [5.41, 5.74) is 10.9. The van der Waals surface area contributed by atoms with Gasteiger partial charge >= 0.3 is 5.97 Å². The van der Waals surface area contributed by atoms with E-state index in [1.165, 1.54) is 0 Å². The Bertz CT molecular complexity index is 942. The number of fused-ring (bicyclic) bond motifs is 1. The van der Waals surface area contributed by atoms with Crippen molar-refractivity contribution in [3.05, 3.63) is 48.3 Å². The predicted octanol–water partition coefficient (Wildman–Crippen LogP) is 3.11. The molecule has 4 N–H and O–H groups in total. The number of carboxylic acid groups (broad SMARTS) is 1. The monoisotopic (exact) mass is 350 g/mol. The maximum Gasteiger partial charge on any atom is 0.306 e. The van der Waals surface area contributed by atoms with Crippen molar-refractivity contribution in [2.75, 3.05) is 18.8 Å². The summed E-state index contributed by atoms with van der Waals surface area (Å²) in [5.74, 6) is -0.899. The third-order valence-corrected chi connectivity index (χ3v) is 5.14. The van der Waals surface area contributed by atoms with Crippen LogP contribution in [0.5, 0.6) is 0 Å². The van der Waals surface area contributed by atoms with Crippen LogP contribution in [0.2, 0.25) is 0 Å². The summed E-state index contributed by atoms with van der Waals surface area (Å²) >= 11 is 0. The second-order valence-electron chi connectivity index (χ2n) is 6.89. The van der Waals surface area contributed by atoms with Gasteiger partial charge in [-0.15, -0.1) is 0 Å². The van der Waals surface area contributed by atoms with E-state index < -0.39 is 5.97 Å². The standard InChI is InChI=1S/C20H22N4O2/c21-15-4-1-3-14(11-15)18-16-5-2-8-22-19(16)23-17(18)12-24-9-6-13(7-10-24)20(25)26/h1-5,8,11,13H,6-7,9-10,12,21H2,(H,22,23)(H,25,26). The lowest BCUT2D eigenvalue weighted by atomic mass is 9.96. The molecule has 1 fully saturated rings. The van der Waals surface area contributed by atoms with Gasteiger partial charge in [0, 0.05) is 35.1 Å². The Labute approximate surface area is 151 Å². The molecule has 134 valence electrons. The summed E-state index contributed by atoms with van der Waals surface area (Å²) in [6, 6.07) is 11.9. The lowest BCUT2D eigenvalue weighted by Gasteiger charge is -2.29. The van der Waals surface area contributed by atoms with Crippen LogP contribution in [0.1, 0.15) is 18.5 Å². The number of pyridine rings is 1. The number of hydrogen-bond donors (Lipinski definition) is 3. The van der Waals surface area contributed by atoms with Gasteiger partial charge in [-0.25, -0.2) is 4.98 Å². The summed E-state index contributed by atoms with van der Waals surface area (Å²) < 4.78 is 0. The molecule has 0 amide bonds. The van der Waals surface area contributed by atoms with Crippen LogP contribution in [-0.2, 0) is 11.3 Å². The Morgan fingerprint density at radius 2 is 2.08 bits per heavy atom. The number of anilines is 1. The van der Waals surface area contributed by atoms with E-state index in [9.17, 15) is 9.90 Å². The molecule has 0 bridgehead atoms. The van der Waals surface area contributed by atoms with E-state index in [0.29, 0.717) is 12.8 Å². The fourth-order valence-corrected chi connectivity index (χ4v) is 3.78. The van der Waals surface area contributed by atoms with Crippen LogP contribution in [0.15, 0.2) is 42.6 Å². The molecule has 3 aromatic rings. The molecule has 0 radical (unpaired) electrons. The molecule has 1 aromatic carbocycles.